The lowest BCUT2D eigenvalue weighted by Crippen LogP contribution is -2.20. The van der Waals surface area contributed by atoms with Crippen LogP contribution >= 0.6 is 11.6 Å². The van der Waals surface area contributed by atoms with E-state index in [2.05, 4.69) is 15.3 Å². The van der Waals surface area contributed by atoms with Crippen LogP contribution in [0.3, 0.4) is 0 Å². The quantitative estimate of drug-likeness (QED) is 0.722. The maximum atomic E-state index is 13.1. The zero-order valence-electron chi connectivity index (χ0n) is 11.7. The molecule has 3 aromatic rings. The topological polar surface area (TPSA) is 37.8 Å². The highest BCUT2D eigenvalue weighted by Gasteiger charge is 2.45. The van der Waals surface area contributed by atoms with E-state index in [1.807, 2.05) is 36.4 Å². The summed E-state index contributed by atoms with van der Waals surface area (Å²) in [6, 6.07) is 14.4. The van der Waals surface area contributed by atoms with Gasteiger partial charge in [-0.3, -0.25) is 0 Å². The van der Waals surface area contributed by atoms with Crippen LogP contribution in [-0.2, 0) is 5.54 Å². The van der Waals surface area contributed by atoms with Crippen LogP contribution in [0.25, 0.3) is 10.9 Å². The average Bonchev–Trinajstić information content (AvgIpc) is 3.28. The minimum absolute atomic E-state index is 0.186. The molecule has 1 aromatic heterocycles. The Bertz CT molecular complexity index is 844. The first-order valence-electron chi connectivity index (χ1n) is 7.13. The minimum atomic E-state index is -0.227. The Morgan fingerprint density at radius 3 is 2.45 bits per heavy atom. The number of hydrogen-bond donors (Lipinski definition) is 1. The first-order chi connectivity index (χ1) is 10.7. The summed E-state index contributed by atoms with van der Waals surface area (Å²) in [5.74, 6) is 0.493. The van der Waals surface area contributed by atoms with Gasteiger partial charge >= 0.3 is 0 Å². The van der Waals surface area contributed by atoms with E-state index in [-0.39, 0.29) is 16.6 Å². The number of aromatic nitrogens is 2. The molecule has 22 heavy (non-hydrogen) atoms. The molecule has 1 heterocycles. The van der Waals surface area contributed by atoms with Crippen molar-refractivity contribution in [1.29, 1.82) is 0 Å². The van der Waals surface area contributed by atoms with Gasteiger partial charge in [0.25, 0.3) is 0 Å². The molecule has 3 nitrogen and oxygen atoms in total. The highest BCUT2D eigenvalue weighted by Crippen LogP contribution is 2.48. The summed E-state index contributed by atoms with van der Waals surface area (Å²) < 4.78 is 13.1. The number of hydrogen-bond acceptors (Lipinski definition) is 3. The molecule has 0 aliphatic heterocycles. The number of rotatable bonds is 3. The number of nitrogens with zero attached hydrogens (tertiary/aromatic N) is 2. The first-order valence-corrected chi connectivity index (χ1v) is 7.51. The number of nitrogens with one attached hydrogen (secondary N) is 1. The van der Waals surface area contributed by atoms with Crippen LogP contribution in [-0.4, -0.2) is 9.97 Å². The van der Waals surface area contributed by atoms with Crippen molar-refractivity contribution in [2.24, 2.45) is 0 Å². The van der Waals surface area contributed by atoms with Crippen LogP contribution in [0, 0.1) is 5.82 Å². The molecular formula is C17H13ClFN3. The number of anilines is 1. The van der Waals surface area contributed by atoms with Gasteiger partial charge in [-0.15, -0.1) is 0 Å². The maximum Gasteiger partial charge on any atom is 0.224 e. The number of para-hydroxylation sites is 1. The van der Waals surface area contributed by atoms with Crippen molar-refractivity contribution in [3.63, 3.8) is 0 Å². The Balaban J connectivity index is 1.76. The van der Waals surface area contributed by atoms with Crippen molar-refractivity contribution in [3.8, 4) is 0 Å². The zero-order chi connectivity index (χ0) is 15.2. The molecule has 5 heteroatoms. The second kappa shape index (κ2) is 4.92. The second-order valence-corrected chi connectivity index (χ2v) is 5.91. The summed E-state index contributed by atoms with van der Waals surface area (Å²) in [6.45, 7) is 0. The van der Waals surface area contributed by atoms with Crippen molar-refractivity contribution in [2.75, 3.05) is 5.32 Å². The molecule has 1 fully saturated rings. The molecule has 0 bridgehead atoms. The van der Waals surface area contributed by atoms with Crippen molar-refractivity contribution in [2.45, 2.75) is 18.4 Å². The lowest BCUT2D eigenvalue weighted by atomic mass is 10.0. The van der Waals surface area contributed by atoms with Gasteiger partial charge in [-0.05, 0) is 54.3 Å². The Hall–Kier alpha value is -2.20. The molecule has 1 N–H and O–H groups in total. The fourth-order valence-electron chi connectivity index (χ4n) is 2.75. The SMILES string of the molecule is Fc1ccc(C2(Nc3nc(Cl)nc4ccccc34)CC2)cc1. The summed E-state index contributed by atoms with van der Waals surface area (Å²) in [5, 5.41) is 4.64. The van der Waals surface area contributed by atoms with Gasteiger partial charge in [-0.2, -0.15) is 0 Å². The van der Waals surface area contributed by atoms with Gasteiger partial charge in [0.2, 0.25) is 5.28 Å². The van der Waals surface area contributed by atoms with Gasteiger partial charge in [0.15, 0.2) is 0 Å². The van der Waals surface area contributed by atoms with Gasteiger partial charge in [-0.25, -0.2) is 14.4 Å². The van der Waals surface area contributed by atoms with Crippen LogP contribution < -0.4 is 5.32 Å². The highest BCUT2D eigenvalue weighted by molar-refractivity contribution is 6.28. The Morgan fingerprint density at radius 2 is 1.73 bits per heavy atom. The summed E-state index contributed by atoms with van der Waals surface area (Å²) in [5.41, 5.74) is 1.68. The molecule has 4 rings (SSSR count). The Morgan fingerprint density at radius 1 is 1.00 bits per heavy atom. The molecule has 0 saturated heterocycles. The highest BCUT2D eigenvalue weighted by atomic mass is 35.5. The van der Waals surface area contributed by atoms with E-state index in [1.165, 1.54) is 12.1 Å². The number of benzene rings is 2. The van der Waals surface area contributed by atoms with Crippen LogP contribution in [0.15, 0.2) is 48.5 Å². The predicted molar refractivity (Wildman–Crippen MR) is 85.5 cm³/mol. The normalized spacial score (nSPS) is 15.7. The molecule has 1 saturated carbocycles. The predicted octanol–water partition coefficient (Wildman–Crippen LogP) is 4.52. The van der Waals surface area contributed by atoms with Crippen molar-refractivity contribution >= 4 is 28.3 Å². The van der Waals surface area contributed by atoms with Crippen molar-refractivity contribution in [1.82, 2.24) is 9.97 Å². The van der Waals surface area contributed by atoms with E-state index >= 15 is 0 Å². The standard InChI is InChI=1S/C17H13ClFN3/c18-16-20-14-4-2-1-3-13(14)15(21-16)22-17(9-10-17)11-5-7-12(19)8-6-11/h1-8H,9-10H2,(H,20,21,22). The third kappa shape index (κ3) is 2.29. The maximum absolute atomic E-state index is 13.1. The lowest BCUT2D eigenvalue weighted by molar-refractivity contribution is 0.625. The van der Waals surface area contributed by atoms with E-state index in [9.17, 15) is 4.39 Å². The smallest absolute Gasteiger partial charge is 0.224 e. The third-order valence-electron chi connectivity index (χ3n) is 4.08. The van der Waals surface area contributed by atoms with Gasteiger partial charge < -0.3 is 5.32 Å². The average molecular weight is 314 g/mol. The number of fused-ring (bicyclic) bond motifs is 1. The molecule has 2 aromatic carbocycles. The molecule has 1 aliphatic rings. The number of halogens is 2. The van der Waals surface area contributed by atoms with Crippen LogP contribution in [0.1, 0.15) is 18.4 Å². The van der Waals surface area contributed by atoms with Crippen molar-refractivity contribution < 1.29 is 4.39 Å². The largest absolute Gasteiger partial charge is 0.360 e. The lowest BCUT2D eigenvalue weighted by Gasteiger charge is -2.20. The van der Waals surface area contributed by atoms with E-state index in [4.69, 9.17) is 11.6 Å². The summed E-state index contributed by atoms with van der Waals surface area (Å²) in [7, 11) is 0. The Kier molecular flexibility index (Phi) is 3.01. The van der Waals surface area contributed by atoms with E-state index in [1.54, 1.807) is 0 Å². The van der Waals surface area contributed by atoms with Crippen LogP contribution in [0.5, 0.6) is 0 Å². The molecule has 0 radical (unpaired) electrons. The van der Waals surface area contributed by atoms with Gasteiger partial charge in [0, 0.05) is 5.39 Å². The summed E-state index contributed by atoms with van der Waals surface area (Å²) in [4.78, 5) is 8.57. The Labute approximate surface area is 132 Å². The summed E-state index contributed by atoms with van der Waals surface area (Å²) in [6.07, 6.45) is 1.96. The van der Waals surface area contributed by atoms with E-state index in [0.717, 1.165) is 35.1 Å². The van der Waals surface area contributed by atoms with Gasteiger partial charge in [0.05, 0.1) is 11.1 Å². The van der Waals surface area contributed by atoms with E-state index < -0.39 is 0 Å². The fourth-order valence-corrected chi connectivity index (χ4v) is 2.93. The molecular weight excluding hydrogens is 301 g/mol. The summed E-state index contributed by atoms with van der Waals surface area (Å²) >= 11 is 6.03. The molecule has 0 spiro atoms. The second-order valence-electron chi connectivity index (χ2n) is 5.57. The molecule has 0 unspecified atom stereocenters. The molecule has 1 aliphatic carbocycles. The molecule has 0 amide bonds. The van der Waals surface area contributed by atoms with Crippen LogP contribution in [0.2, 0.25) is 5.28 Å². The van der Waals surface area contributed by atoms with Crippen molar-refractivity contribution in [3.05, 3.63) is 65.2 Å². The molecule has 0 atom stereocenters. The minimum Gasteiger partial charge on any atom is -0.360 e. The van der Waals surface area contributed by atoms with Crippen LogP contribution in [0.4, 0.5) is 10.2 Å². The first kappa shape index (κ1) is 13.5. The third-order valence-corrected chi connectivity index (χ3v) is 4.25. The zero-order valence-corrected chi connectivity index (χ0v) is 12.4. The van der Waals surface area contributed by atoms with E-state index in [0.29, 0.717) is 0 Å². The monoisotopic (exact) mass is 313 g/mol. The van der Waals surface area contributed by atoms with Gasteiger partial charge in [0.1, 0.15) is 11.6 Å². The fraction of sp³-hybridized carbons (Fsp3) is 0.176. The molecule has 110 valence electrons. The van der Waals surface area contributed by atoms with Gasteiger partial charge in [-0.1, -0.05) is 24.3 Å².